The molecule has 2 atom stereocenters. The molecule has 0 radical (unpaired) electrons. The molecule has 2 aromatic rings. The van der Waals surface area contributed by atoms with Crippen LogP contribution in [0.2, 0.25) is 0 Å². The summed E-state index contributed by atoms with van der Waals surface area (Å²) >= 11 is 0. The molecule has 0 saturated carbocycles. The van der Waals surface area contributed by atoms with Crippen LogP contribution in [0.1, 0.15) is 38.4 Å². The Kier molecular flexibility index (Phi) is 4.51. The third-order valence-electron chi connectivity index (χ3n) is 4.10. The molecule has 1 fully saturated rings. The molecule has 3 rings (SSSR count). The molecular weight excluding hydrogens is 264 g/mol. The summed E-state index contributed by atoms with van der Waals surface area (Å²) in [6.45, 7) is 7.94. The maximum atomic E-state index is 5.72. The van der Waals surface area contributed by atoms with Gasteiger partial charge in [0.25, 0.3) is 0 Å². The van der Waals surface area contributed by atoms with E-state index in [9.17, 15) is 0 Å². The van der Waals surface area contributed by atoms with Crippen molar-refractivity contribution in [1.29, 1.82) is 0 Å². The molecule has 2 unspecified atom stereocenters. The van der Waals surface area contributed by atoms with E-state index in [-0.39, 0.29) is 0 Å². The maximum Gasteiger partial charge on any atom is 0.117 e. The quantitative estimate of drug-likeness (QED) is 0.886. The van der Waals surface area contributed by atoms with E-state index >= 15 is 0 Å². The first-order chi connectivity index (χ1) is 10.3. The third-order valence-corrected chi connectivity index (χ3v) is 4.10. The lowest BCUT2D eigenvalue weighted by atomic mass is 10.0. The second-order valence-corrected chi connectivity index (χ2v) is 5.69. The van der Waals surface area contributed by atoms with Gasteiger partial charge in [0.2, 0.25) is 0 Å². The highest BCUT2D eigenvalue weighted by molar-refractivity contribution is 5.74. The van der Waals surface area contributed by atoms with Crippen LogP contribution in [0.25, 0.3) is 11.0 Å². The number of hydrogen-bond donors (Lipinski definition) is 1. The fraction of sp³-hybridized carbons (Fsp3) is 0.625. The van der Waals surface area contributed by atoms with E-state index in [1.54, 1.807) is 0 Å². The van der Waals surface area contributed by atoms with Gasteiger partial charge in [-0.15, -0.1) is 0 Å². The minimum atomic E-state index is 0.329. The minimum absolute atomic E-state index is 0.329. The van der Waals surface area contributed by atoms with Crippen LogP contribution in [0.15, 0.2) is 18.5 Å². The fourth-order valence-electron chi connectivity index (χ4n) is 3.08. The van der Waals surface area contributed by atoms with Gasteiger partial charge in [0.15, 0.2) is 0 Å². The second-order valence-electron chi connectivity index (χ2n) is 5.69. The standard InChI is InChI=1S/C16H24N4O/c1-3-6-18-14-11-21-10-12(14)16-19-13-9-17-7-5-15(13)20(16)8-4-2/h5,7,9,12,14,18H,3-4,6,8,10-11H2,1-2H3. The van der Waals surface area contributed by atoms with Gasteiger partial charge in [-0.3, -0.25) is 4.98 Å². The lowest BCUT2D eigenvalue weighted by Crippen LogP contribution is -2.36. The number of nitrogens with zero attached hydrogens (tertiary/aromatic N) is 3. The molecule has 0 spiro atoms. The van der Waals surface area contributed by atoms with Gasteiger partial charge in [0.1, 0.15) is 11.3 Å². The Balaban J connectivity index is 1.96. The van der Waals surface area contributed by atoms with Gasteiger partial charge in [-0.2, -0.15) is 0 Å². The molecule has 0 aromatic carbocycles. The Morgan fingerprint density at radius 3 is 3.05 bits per heavy atom. The number of ether oxygens (including phenoxy) is 1. The number of hydrogen-bond acceptors (Lipinski definition) is 4. The van der Waals surface area contributed by atoms with Crippen LogP contribution in [-0.4, -0.2) is 40.3 Å². The Morgan fingerprint density at radius 2 is 2.24 bits per heavy atom. The summed E-state index contributed by atoms with van der Waals surface area (Å²) in [4.78, 5) is 9.05. The molecule has 1 N–H and O–H groups in total. The van der Waals surface area contributed by atoms with E-state index in [1.165, 1.54) is 5.52 Å². The molecule has 0 aliphatic carbocycles. The Hall–Kier alpha value is -1.46. The van der Waals surface area contributed by atoms with Gasteiger partial charge < -0.3 is 14.6 Å². The first-order valence-corrected chi connectivity index (χ1v) is 7.96. The van der Waals surface area contributed by atoms with E-state index in [1.807, 2.05) is 12.4 Å². The topological polar surface area (TPSA) is 52.0 Å². The normalized spacial score (nSPS) is 22.2. The zero-order chi connectivity index (χ0) is 14.7. The lowest BCUT2D eigenvalue weighted by Gasteiger charge is -2.19. The van der Waals surface area contributed by atoms with Crippen LogP contribution < -0.4 is 5.32 Å². The highest BCUT2D eigenvalue weighted by Gasteiger charge is 2.33. The summed E-state index contributed by atoms with van der Waals surface area (Å²) in [6, 6.07) is 2.43. The van der Waals surface area contributed by atoms with Crippen LogP contribution >= 0.6 is 0 Å². The number of imidazole rings is 1. The van der Waals surface area contributed by atoms with Crippen molar-refractivity contribution in [2.24, 2.45) is 0 Å². The fourth-order valence-corrected chi connectivity index (χ4v) is 3.08. The SMILES string of the molecule is CCCNC1COCC1c1nc2cnccc2n1CCC. The largest absolute Gasteiger partial charge is 0.379 e. The molecule has 1 aliphatic heterocycles. The molecular formula is C16H24N4O. The number of aryl methyl sites for hydroxylation is 1. The zero-order valence-electron chi connectivity index (χ0n) is 12.9. The third kappa shape index (κ3) is 2.80. The monoisotopic (exact) mass is 288 g/mol. The molecule has 0 bridgehead atoms. The summed E-state index contributed by atoms with van der Waals surface area (Å²) in [5.41, 5.74) is 2.17. The van der Waals surface area contributed by atoms with Crippen molar-refractivity contribution in [3.8, 4) is 0 Å². The van der Waals surface area contributed by atoms with Crippen molar-refractivity contribution in [2.75, 3.05) is 19.8 Å². The summed E-state index contributed by atoms with van der Waals surface area (Å²) in [5, 5.41) is 3.60. The molecule has 1 aliphatic rings. The smallest absolute Gasteiger partial charge is 0.117 e. The highest BCUT2D eigenvalue weighted by atomic mass is 16.5. The van der Waals surface area contributed by atoms with E-state index in [0.717, 1.165) is 50.5 Å². The molecule has 1 saturated heterocycles. The van der Waals surface area contributed by atoms with Gasteiger partial charge in [-0.1, -0.05) is 13.8 Å². The van der Waals surface area contributed by atoms with Crippen LogP contribution in [0.5, 0.6) is 0 Å². The average molecular weight is 288 g/mol. The van der Waals surface area contributed by atoms with Crippen LogP contribution in [0, 0.1) is 0 Å². The molecule has 21 heavy (non-hydrogen) atoms. The molecule has 114 valence electrons. The van der Waals surface area contributed by atoms with Gasteiger partial charge in [0.05, 0.1) is 30.8 Å². The number of rotatable bonds is 6. The Morgan fingerprint density at radius 1 is 1.33 bits per heavy atom. The van der Waals surface area contributed by atoms with E-state index in [0.29, 0.717) is 12.0 Å². The molecule has 3 heterocycles. The molecule has 2 aromatic heterocycles. The van der Waals surface area contributed by atoms with Crippen molar-refractivity contribution in [3.63, 3.8) is 0 Å². The number of pyridine rings is 1. The summed E-state index contributed by atoms with van der Waals surface area (Å²) < 4.78 is 8.06. The lowest BCUT2D eigenvalue weighted by molar-refractivity contribution is 0.187. The first-order valence-electron chi connectivity index (χ1n) is 7.96. The summed E-state index contributed by atoms with van der Waals surface area (Å²) in [6.07, 6.45) is 5.94. The van der Waals surface area contributed by atoms with Gasteiger partial charge >= 0.3 is 0 Å². The molecule has 5 heteroatoms. The summed E-state index contributed by atoms with van der Waals surface area (Å²) in [5.74, 6) is 1.47. The van der Waals surface area contributed by atoms with Crippen molar-refractivity contribution in [2.45, 2.75) is 45.2 Å². The predicted octanol–water partition coefficient (Wildman–Crippen LogP) is 2.32. The predicted molar refractivity (Wildman–Crippen MR) is 83.5 cm³/mol. The van der Waals surface area contributed by atoms with E-state index in [4.69, 9.17) is 9.72 Å². The van der Waals surface area contributed by atoms with Crippen molar-refractivity contribution >= 4 is 11.0 Å². The Bertz CT molecular complexity index is 595. The zero-order valence-corrected chi connectivity index (χ0v) is 12.9. The first kappa shape index (κ1) is 14.5. The molecule has 0 amide bonds. The average Bonchev–Trinajstić information content (AvgIpc) is 3.10. The highest BCUT2D eigenvalue weighted by Crippen LogP contribution is 2.28. The number of fused-ring (bicyclic) bond motifs is 1. The van der Waals surface area contributed by atoms with Crippen molar-refractivity contribution < 1.29 is 4.74 Å². The maximum absolute atomic E-state index is 5.72. The van der Waals surface area contributed by atoms with E-state index in [2.05, 4.69) is 34.8 Å². The van der Waals surface area contributed by atoms with Crippen LogP contribution in [-0.2, 0) is 11.3 Å². The summed E-state index contributed by atoms with van der Waals surface area (Å²) in [7, 11) is 0. The van der Waals surface area contributed by atoms with Gasteiger partial charge in [-0.25, -0.2) is 4.98 Å². The van der Waals surface area contributed by atoms with Crippen LogP contribution in [0.3, 0.4) is 0 Å². The van der Waals surface area contributed by atoms with E-state index < -0.39 is 0 Å². The van der Waals surface area contributed by atoms with Crippen molar-refractivity contribution in [3.05, 3.63) is 24.3 Å². The molecule has 5 nitrogen and oxygen atoms in total. The Labute approximate surface area is 125 Å². The minimum Gasteiger partial charge on any atom is -0.379 e. The van der Waals surface area contributed by atoms with Gasteiger partial charge in [-0.05, 0) is 25.5 Å². The second kappa shape index (κ2) is 6.54. The number of nitrogens with one attached hydrogen (secondary N) is 1. The van der Waals surface area contributed by atoms with Crippen LogP contribution in [0.4, 0.5) is 0 Å². The van der Waals surface area contributed by atoms with Gasteiger partial charge in [0, 0.05) is 18.8 Å². The van der Waals surface area contributed by atoms with Crippen molar-refractivity contribution in [1.82, 2.24) is 19.9 Å². The number of aromatic nitrogens is 3.